The van der Waals surface area contributed by atoms with E-state index in [2.05, 4.69) is 98.2 Å². The second-order valence-electron chi connectivity index (χ2n) is 15.9. The first-order valence-electron chi connectivity index (χ1n) is 15.3. The molecule has 1 heterocycles. The lowest BCUT2D eigenvalue weighted by Crippen LogP contribution is -2.57. The van der Waals surface area contributed by atoms with Gasteiger partial charge < -0.3 is 0 Å². The summed E-state index contributed by atoms with van der Waals surface area (Å²) in [5, 5.41) is 0. The van der Waals surface area contributed by atoms with Gasteiger partial charge in [0.2, 0.25) is 15.9 Å². The zero-order chi connectivity index (χ0) is 29.9. The van der Waals surface area contributed by atoms with E-state index in [4.69, 9.17) is 11.8 Å². The molecule has 39 heavy (non-hydrogen) atoms. The molecule has 1 amide bonds. The van der Waals surface area contributed by atoms with Gasteiger partial charge in [-0.2, -0.15) is 0 Å². The molecule has 4 rings (SSSR count). The van der Waals surface area contributed by atoms with E-state index in [0.29, 0.717) is 5.92 Å². The van der Waals surface area contributed by atoms with Crippen LogP contribution in [0.25, 0.3) is 0 Å². The molecule has 6 nitrogen and oxygen atoms in total. The zero-order valence-corrected chi connectivity index (χ0v) is 30.4. The van der Waals surface area contributed by atoms with Gasteiger partial charge in [-0.25, -0.2) is 12.7 Å². The van der Waals surface area contributed by atoms with Crippen LogP contribution in [-0.4, -0.2) is 76.8 Å². The molecular weight excluding hydrogens is 562 g/mol. The van der Waals surface area contributed by atoms with Crippen molar-refractivity contribution in [3.05, 3.63) is 0 Å². The lowest BCUT2D eigenvalue weighted by molar-refractivity contribution is -0.130. The van der Waals surface area contributed by atoms with E-state index >= 15 is 0 Å². The van der Waals surface area contributed by atoms with Crippen molar-refractivity contribution in [3.63, 3.8) is 0 Å². The van der Waals surface area contributed by atoms with Gasteiger partial charge in [0.05, 0.1) is 32.1 Å². The monoisotopic (exact) mass is 617 g/mol. The van der Waals surface area contributed by atoms with Crippen LogP contribution in [0.3, 0.4) is 0 Å². The van der Waals surface area contributed by atoms with Crippen molar-refractivity contribution in [1.82, 2.24) is 13.6 Å². The van der Waals surface area contributed by atoms with E-state index in [1.165, 1.54) is 4.31 Å². The van der Waals surface area contributed by atoms with Gasteiger partial charge in [-0.15, -0.1) is 0 Å². The highest BCUT2D eigenvalue weighted by Crippen LogP contribution is 2.81. The lowest BCUT2D eigenvalue weighted by atomic mass is 9.69. The topological polar surface area (TPSA) is 60.9 Å². The van der Waals surface area contributed by atoms with Gasteiger partial charge in [0.1, 0.15) is 0 Å². The number of hydrogen-bond acceptors (Lipinski definition) is 4. The summed E-state index contributed by atoms with van der Waals surface area (Å²) in [6.07, 6.45) is 1.04. The molecule has 10 heteroatoms. The first-order valence-corrected chi connectivity index (χ1v) is 23.1. The maximum Gasteiger partial charge on any atom is 0.240 e. The van der Waals surface area contributed by atoms with Crippen LogP contribution >= 0.6 is 6.34 Å². The van der Waals surface area contributed by atoms with Crippen LogP contribution in [0.15, 0.2) is 0 Å². The number of fused-ring (bicyclic) bond motifs is 1. The summed E-state index contributed by atoms with van der Waals surface area (Å²) in [6.45, 7) is 29.5. The van der Waals surface area contributed by atoms with Gasteiger partial charge in [-0.05, 0) is 92.4 Å². The Morgan fingerprint density at radius 3 is 1.79 bits per heavy atom. The minimum atomic E-state index is -3.66. The molecule has 3 aliphatic carbocycles. The molecule has 1 spiro atoms. The predicted molar refractivity (Wildman–Crippen MR) is 171 cm³/mol. The molecule has 0 aromatic rings. The second kappa shape index (κ2) is 9.61. The van der Waals surface area contributed by atoms with Crippen molar-refractivity contribution < 1.29 is 13.2 Å². The normalized spacial score (nSPS) is 35.4. The van der Waals surface area contributed by atoms with Gasteiger partial charge in [-0.3, -0.25) is 14.1 Å². The van der Waals surface area contributed by atoms with E-state index in [1.54, 1.807) is 0 Å². The van der Waals surface area contributed by atoms with Crippen molar-refractivity contribution >= 4 is 42.2 Å². The first kappa shape index (κ1) is 32.1. The standard InChI is InChI=1S/C29H56N3O3PS2Si/c1-19(2)30(20(3)4)36(37,31(21(5)6)22(7)8)29(39(11,12)13)17-24(29)26(33)32-25-16-23-14-15-28(25,27(23,9)10)18-38(32,34)35/h19-25H,14-18H2,1-13H3/t23-,24+,25-,28-,29-/m1/s1. The number of sulfonamides is 1. The second-order valence-corrected chi connectivity index (χ2v) is 27.9. The molecule has 5 atom stereocenters. The van der Waals surface area contributed by atoms with Crippen LogP contribution in [0.5, 0.6) is 0 Å². The molecular formula is C29H56N3O3PS2Si. The number of hydrogen-bond donors (Lipinski definition) is 0. The smallest absolute Gasteiger partial charge is 0.240 e. The molecule has 0 aromatic heterocycles. The van der Waals surface area contributed by atoms with E-state index < -0.39 is 24.4 Å². The van der Waals surface area contributed by atoms with Crippen molar-refractivity contribution in [2.45, 2.75) is 150 Å². The van der Waals surface area contributed by atoms with Gasteiger partial charge in [0.15, 0.2) is 0 Å². The number of nitrogens with zero attached hydrogens (tertiary/aromatic N) is 3. The zero-order valence-electron chi connectivity index (χ0n) is 26.9. The largest absolute Gasteiger partial charge is 0.273 e. The summed E-state index contributed by atoms with van der Waals surface area (Å²) in [6, 6.07) is 0.728. The third-order valence-corrected chi connectivity index (χ3v) is 26.7. The van der Waals surface area contributed by atoms with Crippen molar-refractivity contribution in [2.24, 2.45) is 22.7 Å². The Bertz CT molecular complexity index is 1120. The summed E-state index contributed by atoms with van der Waals surface area (Å²) in [5.74, 6) is 0.183. The summed E-state index contributed by atoms with van der Waals surface area (Å²) >= 11 is 7.08. The quantitative estimate of drug-likeness (QED) is 0.216. The number of carbonyl (C=O) groups excluding carboxylic acids is 1. The molecule has 0 N–H and O–H groups in total. The van der Waals surface area contributed by atoms with Gasteiger partial charge in [0.25, 0.3) is 0 Å². The summed E-state index contributed by atoms with van der Waals surface area (Å²) in [4.78, 5) is 14.8. The summed E-state index contributed by atoms with van der Waals surface area (Å²) in [5.41, 5.74) is -0.348. The van der Waals surface area contributed by atoms with Crippen LogP contribution < -0.4 is 0 Å². The predicted octanol–water partition coefficient (Wildman–Crippen LogP) is 6.54. The minimum Gasteiger partial charge on any atom is -0.273 e. The molecule has 2 bridgehead atoms. The highest BCUT2D eigenvalue weighted by molar-refractivity contribution is 8.14. The van der Waals surface area contributed by atoms with E-state index in [-0.39, 0.29) is 63.4 Å². The van der Waals surface area contributed by atoms with Gasteiger partial charge >= 0.3 is 0 Å². The Kier molecular flexibility index (Phi) is 7.91. The Balaban J connectivity index is 1.88. The summed E-state index contributed by atoms with van der Waals surface area (Å²) in [7, 11) is -5.76. The Morgan fingerprint density at radius 1 is 0.949 bits per heavy atom. The summed E-state index contributed by atoms with van der Waals surface area (Å²) < 4.78 is 34.1. The third-order valence-electron chi connectivity index (χ3n) is 11.4. The minimum absolute atomic E-state index is 0.0495. The fraction of sp³-hybridized carbons (Fsp3) is 0.966. The Morgan fingerprint density at radius 2 is 1.41 bits per heavy atom. The van der Waals surface area contributed by atoms with Crippen molar-refractivity contribution in [1.29, 1.82) is 0 Å². The Labute approximate surface area is 246 Å². The lowest BCUT2D eigenvalue weighted by Gasteiger charge is -2.57. The Hall–Kier alpha value is 0.207. The van der Waals surface area contributed by atoms with Gasteiger partial charge in [0, 0.05) is 34.4 Å². The molecule has 1 aliphatic heterocycles. The van der Waals surface area contributed by atoms with E-state index in [0.717, 1.165) is 25.7 Å². The van der Waals surface area contributed by atoms with E-state index in [1.807, 2.05) is 0 Å². The fourth-order valence-corrected chi connectivity index (χ4v) is 28.4. The molecule has 226 valence electrons. The number of carbonyl (C=O) groups is 1. The molecule has 1 saturated heterocycles. The highest BCUT2D eigenvalue weighted by atomic mass is 32.4. The molecule has 0 aromatic carbocycles. The fourth-order valence-electron chi connectivity index (χ4n) is 9.84. The number of rotatable bonds is 9. The molecule has 0 unspecified atom stereocenters. The van der Waals surface area contributed by atoms with E-state index in [9.17, 15) is 13.2 Å². The maximum absolute atomic E-state index is 14.8. The van der Waals surface area contributed by atoms with Crippen LogP contribution in [0.1, 0.15) is 94.9 Å². The van der Waals surface area contributed by atoms with Crippen LogP contribution in [0, 0.1) is 22.7 Å². The average molecular weight is 618 g/mol. The number of amides is 1. The highest BCUT2D eigenvalue weighted by Gasteiger charge is 2.78. The van der Waals surface area contributed by atoms with Gasteiger partial charge in [-0.1, -0.05) is 45.3 Å². The van der Waals surface area contributed by atoms with Crippen molar-refractivity contribution in [2.75, 3.05) is 5.75 Å². The van der Waals surface area contributed by atoms with Crippen LogP contribution in [-0.2, 0) is 26.6 Å². The molecule has 0 radical (unpaired) electrons. The first-order chi connectivity index (χ1) is 17.6. The molecule has 3 saturated carbocycles. The molecule has 4 aliphatic rings. The molecule has 4 fully saturated rings. The van der Waals surface area contributed by atoms with Crippen LogP contribution in [0.2, 0.25) is 19.6 Å². The third kappa shape index (κ3) is 4.12. The van der Waals surface area contributed by atoms with Crippen LogP contribution in [0.4, 0.5) is 0 Å². The van der Waals surface area contributed by atoms with Crippen molar-refractivity contribution in [3.8, 4) is 0 Å². The SMILES string of the molecule is CC(C)N(C(C)C)P(=S)(N(C(C)C)C(C)C)[C@@]1([Si](C)(C)C)C[C@H]1C(=O)N1[C@@H]2C[C@H]3CC[C@]2(CS1(=O)=O)C3(C)C. The maximum atomic E-state index is 14.8. The average Bonchev–Trinajstić information content (AvgIpc) is 3.35.